The van der Waals surface area contributed by atoms with Gasteiger partial charge in [0, 0.05) is 24.2 Å². The fraction of sp³-hybridized carbons (Fsp3) is 0.556. The largest absolute Gasteiger partial charge is 0.496 e. The van der Waals surface area contributed by atoms with Crippen molar-refractivity contribution in [2.75, 3.05) is 34.4 Å². The molecule has 0 bridgehead atoms. The van der Waals surface area contributed by atoms with Gasteiger partial charge >= 0.3 is 0 Å². The quantitative estimate of drug-likeness (QED) is 0.535. The first kappa shape index (κ1) is 24.8. The lowest BCUT2D eigenvalue weighted by Gasteiger charge is -2.16. The number of carbonyl (C=O) groups is 2. The van der Waals surface area contributed by atoms with E-state index in [0.29, 0.717) is 30.2 Å². The summed E-state index contributed by atoms with van der Waals surface area (Å²) in [6.07, 6.45) is 0.502. The molecule has 1 rings (SSSR count). The van der Waals surface area contributed by atoms with E-state index in [1.54, 1.807) is 33.5 Å². The second-order valence-electron chi connectivity index (χ2n) is 6.10. The van der Waals surface area contributed by atoms with Crippen LogP contribution in [0.5, 0.6) is 17.2 Å². The van der Waals surface area contributed by atoms with Crippen LogP contribution in [0.4, 0.5) is 0 Å². The van der Waals surface area contributed by atoms with Crippen LogP contribution in [-0.4, -0.2) is 52.3 Å². The Labute approximate surface area is 166 Å². The van der Waals surface area contributed by atoms with Gasteiger partial charge in [-0.3, -0.25) is 9.59 Å². The van der Waals surface area contributed by atoms with E-state index in [1.165, 1.54) is 0 Å². The van der Waals surface area contributed by atoms with E-state index in [4.69, 9.17) is 19.9 Å². The maximum Gasteiger partial charge on any atom is 0.239 e. The van der Waals surface area contributed by atoms with Crippen molar-refractivity contribution in [3.63, 3.8) is 0 Å². The maximum atomic E-state index is 11.9. The number of benzene rings is 1. The molecule has 0 fully saturated rings. The van der Waals surface area contributed by atoms with Crippen LogP contribution in [0.15, 0.2) is 12.1 Å². The SMILES string of the molecule is COc1cc(OC)c(CCNC(=O)CNC(=O)[C@@H](N)C(C)C)c(OC)c1.Cl. The fourth-order valence-corrected chi connectivity index (χ4v) is 2.30. The average molecular weight is 404 g/mol. The van der Waals surface area contributed by atoms with Gasteiger partial charge in [0.25, 0.3) is 0 Å². The molecule has 154 valence electrons. The minimum atomic E-state index is -0.629. The summed E-state index contributed by atoms with van der Waals surface area (Å²) >= 11 is 0. The van der Waals surface area contributed by atoms with Crippen LogP contribution in [0.25, 0.3) is 0 Å². The van der Waals surface area contributed by atoms with Gasteiger partial charge < -0.3 is 30.6 Å². The van der Waals surface area contributed by atoms with E-state index in [9.17, 15) is 9.59 Å². The highest BCUT2D eigenvalue weighted by atomic mass is 35.5. The first-order valence-corrected chi connectivity index (χ1v) is 8.42. The Kier molecular flexibility index (Phi) is 11.2. The molecule has 2 amide bonds. The molecule has 0 spiro atoms. The van der Waals surface area contributed by atoms with Crippen LogP contribution in [-0.2, 0) is 16.0 Å². The van der Waals surface area contributed by atoms with Gasteiger partial charge in [-0.05, 0) is 12.3 Å². The Hall–Kier alpha value is -2.19. The first-order valence-electron chi connectivity index (χ1n) is 8.42. The normalized spacial score (nSPS) is 11.2. The van der Waals surface area contributed by atoms with E-state index < -0.39 is 6.04 Å². The molecule has 0 saturated heterocycles. The molecule has 0 aliphatic heterocycles. The summed E-state index contributed by atoms with van der Waals surface area (Å²) in [6.45, 7) is 3.94. The minimum Gasteiger partial charge on any atom is -0.496 e. The van der Waals surface area contributed by atoms with Gasteiger partial charge in [-0.25, -0.2) is 0 Å². The molecule has 1 aromatic rings. The van der Waals surface area contributed by atoms with Gasteiger partial charge in [-0.15, -0.1) is 12.4 Å². The lowest BCUT2D eigenvalue weighted by atomic mass is 10.1. The zero-order valence-corrected chi connectivity index (χ0v) is 17.3. The topological polar surface area (TPSA) is 112 Å². The van der Waals surface area contributed by atoms with E-state index in [1.807, 2.05) is 13.8 Å². The molecule has 8 nitrogen and oxygen atoms in total. The van der Waals surface area contributed by atoms with Crippen molar-refractivity contribution in [1.82, 2.24) is 10.6 Å². The van der Waals surface area contributed by atoms with Crippen molar-refractivity contribution in [2.45, 2.75) is 26.3 Å². The minimum absolute atomic E-state index is 0. The van der Waals surface area contributed by atoms with Gasteiger partial charge in [-0.2, -0.15) is 0 Å². The van der Waals surface area contributed by atoms with Crippen molar-refractivity contribution in [3.8, 4) is 17.2 Å². The fourth-order valence-electron chi connectivity index (χ4n) is 2.30. The van der Waals surface area contributed by atoms with Crippen LogP contribution in [0.2, 0.25) is 0 Å². The van der Waals surface area contributed by atoms with Crippen molar-refractivity contribution in [1.29, 1.82) is 0 Å². The Morgan fingerprint density at radius 2 is 1.59 bits per heavy atom. The zero-order chi connectivity index (χ0) is 19.7. The van der Waals surface area contributed by atoms with Gasteiger partial charge in [0.2, 0.25) is 11.8 Å². The van der Waals surface area contributed by atoms with Gasteiger partial charge in [0.15, 0.2) is 0 Å². The number of carbonyl (C=O) groups excluding carboxylic acids is 2. The third kappa shape index (κ3) is 7.52. The number of nitrogens with one attached hydrogen (secondary N) is 2. The van der Waals surface area contributed by atoms with Crippen molar-refractivity contribution in [3.05, 3.63) is 17.7 Å². The predicted molar refractivity (Wildman–Crippen MR) is 106 cm³/mol. The standard InChI is InChI=1S/C18H29N3O5.ClH/c1-11(2)17(19)18(23)21-10-16(22)20-7-6-13-14(25-4)8-12(24-3)9-15(13)26-5;/h8-9,11,17H,6-7,10,19H2,1-5H3,(H,20,22)(H,21,23);1H/t17-;/m0./s1. The van der Waals surface area contributed by atoms with Crippen molar-refractivity contribution >= 4 is 24.2 Å². The van der Waals surface area contributed by atoms with Crippen LogP contribution in [0.3, 0.4) is 0 Å². The number of nitrogens with two attached hydrogens (primary N) is 1. The van der Waals surface area contributed by atoms with E-state index in [0.717, 1.165) is 5.56 Å². The van der Waals surface area contributed by atoms with E-state index in [-0.39, 0.29) is 36.7 Å². The zero-order valence-electron chi connectivity index (χ0n) is 16.5. The maximum absolute atomic E-state index is 11.9. The van der Waals surface area contributed by atoms with Gasteiger partial charge in [0.1, 0.15) is 17.2 Å². The highest BCUT2D eigenvalue weighted by Gasteiger charge is 2.18. The molecular weight excluding hydrogens is 374 g/mol. The summed E-state index contributed by atoms with van der Waals surface area (Å²) in [5.41, 5.74) is 6.55. The summed E-state index contributed by atoms with van der Waals surface area (Å²) < 4.78 is 16.0. The third-order valence-electron chi connectivity index (χ3n) is 3.96. The van der Waals surface area contributed by atoms with Crippen LogP contribution >= 0.6 is 12.4 Å². The molecule has 0 unspecified atom stereocenters. The Morgan fingerprint density at radius 1 is 1.04 bits per heavy atom. The summed E-state index contributed by atoms with van der Waals surface area (Å²) in [7, 11) is 4.68. The second-order valence-corrected chi connectivity index (χ2v) is 6.10. The molecule has 0 aromatic heterocycles. The first-order chi connectivity index (χ1) is 12.3. The number of hydrogen-bond acceptors (Lipinski definition) is 6. The molecular formula is C18H30ClN3O5. The second kappa shape index (κ2) is 12.2. The molecule has 9 heteroatoms. The molecule has 0 aliphatic rings. The Morgan fingerprint density at radius 3 is 2.04 bits per heavy atom. The van der Waals surface area contributed by atoms with E-state index in [2.05, 4.69) is 10.6 Å². The highest BCUT2D eigenvalue weighted by molar-refractivity contribution is 5.87. The average Bonchev–Trinajstić information content (AvgIpc) is 2.64. The summed E-state index contributed by atoms with van der Waals surface area (Å²) in [6, 6.07) is 2.89. The van der Waals surface area contributed by atoms with Crippen LogP contribution < -0.4 is 30.6 Å². The lowest BCUT2D eigenvalue weighted by molar-refractivity contribution is -0.127. The Balaban J connectivity index is 0.00000676. The number of ether oxygens (including phenoxy) is 3. The molecule has 0 heterocycles. The lowest BCUT2D eigenvalue weighted by Crippen LogP contribution is -2.47. The molecule has 0 saturated carbocycles. The number of rotatable bonds is 10. The smallest absolute Gasteiger partial charge is 0.239 e. The molecule has 4 N–H and O–H groups in total. The number of amides is 2. The molecule has 0 radical (unpaired) electrons. The van der Waals surface area contributed by atoms with Crippen LogP contribution in [0.1, 0.15) is 19.4 Å². The molecule has 0 aliphatic carbocycles. The number of hydrogen-bond donors (Lipinski definition) is 3. The number of halogens is 1. The predicted octanol–water partition coefficient (Wildman–Crippen LogP) is 0.892. The molecule has 1 aromatic carbocycles. The van der Waals surface area contributed by atoms with Gasteiger partial charge in [-0.1, -0.05) is 13.8 Å². The van der Waals surface area contributed by atoms with Crippen molar-refractivity contribution < 1.29 is 23.8 Å². The monoisotopic (exact) mass is 403 g/mol. The molecule has 1 atom stereocenters. The molecule has 27 heavy (non-hydrogen) atoms. The summed E-state index contributed by atoms with van der Waals surface area (Å²) in [5.74, 6) is 1.23. The van der Waals surface area contributed by atoms with Gasteiger partial charge in [0.05, 0.1) is 33.9 Å². The third-order valence-corrected chi connectivity index (χ3v) is 3.96. The summed E-state index contributed by atoms with van der Waals surface area (Å²) in [5, 5.41) is 5.28. The highest BCUT2D eigenvalue weighted by Crippen LogP contribution is 2.34. The van der Waals surface area contributed by atoms with Crippen molar-refractivity contribution in [2.24, 2.45) is 11.7 Å². The van der Waals surface area contributed by atoms with E-state index >= 15 is 0 Å². The van der Waals surface area contributed by atoms with Crippen LogP contribution in [0, 0.1) is 5.92 Å². The Bertz CT molecular complexity index is 600. The number of methoxy groups -OCH3 is 3. The summed E-state index contributed by atoms with van der Waals surface area (Å²) in [4.78, 5) is 23.6.